The van der Waals surface area contributed by atoms with Gasteiger partial charge in [0.05, 0.1) is 30.0 Å². The van der Waals surface area contributed by atoms with E-state index in [0.29, 0.717) is 17.6 Å². The molecule has 0 unspecified atom stereocenters. The molecule has 0 radical (unpaired) electrons. The third-order valence-corrected chi connectivity index (χ3v) is 6.54. The highest BCUT2D eigenvalue weighted by Crippen LogP contribution is 2.26. The molecule has 0 spiro atoms. The number of nitrogens with zero attached hydrogens (tertiary/aromatic N) is 4. The Labute approximate surface area is 182 Å². The number of aromatic nitrogens is 4. The summed E-state index contributed by atoms with van der Waals surface area (Å²) in [5, 5.41) is 10.9. The Bertz CT molecular complexity index is 1100. The van der Waals surface area contributed by atoms with Crippen LogP contribution in [0.1, 0.15) is 50.6 Å². The van der Waals surface area contributed by atoms with Crippen LogP contribution in [0.15, 0.2) is 41.8 Å². The number of imidazole rings is 1. The Balaban J connectivity index is 1.79. The first kappa shape index (κ1) is 23.1. The molecule has 1 aromatic carbocycles. The number of aryl methyl sites for hydroxylation is 1. The molecule has 0 aliphatic rings. The quantitative estimate of drug-likeness (QED) is 0.338. The normalized spacial score (nSPS) is 14.0. The minimum Gasteiger partial charge on any atom is -0.388 e. The van der Waals surface area contributed by atoms with Gasteiger partial charge in [-0.3, -0.25) is 4.18 Å². The SMILES string of the molecule is CCCCCC[C@H]([C@@H](O)COS(=O)(=O)c1ccc(C)cc1)n1cnc2c(N)ncnc21. The summed E-state index contributed by atoms with van der Waals surface area (Å²) < 4.78 is 32.0. The molecule has 0 bridgehead atoms. The molecule has 10 heteroatoms. The van der Waals surface area contributed by atoms with Gasteiger partial charge in [0.1, 0.15) is 11.8 Å². The van der Waals surface area contributed by atoms with Crippen molar-refractivity contribution < 1.29 is 17.7 Å². The molecule has 0 amide bonds. The van der Waals surface area contributed by atoms with Gasteiger partial charge in [-0.1, -0.05) is 50.3 Å². The van der Waals surface area contributed by atoms with E-state index in [1.54, 1.807) is 23.0 Å². The smallest absolute Gasteiger partial charge is 0.297 e. The molecule has 2 heterocycles. The summed E-state index contributed by atoms with van der Waals surface area (Å²) in [7, 11) is -3.98. The highest BCUT2D eigenvalue weighted by Gasteiger charge is 2.26. The highest BCUT2D eigenvalue weighted by atomic mass is 32.2. The van der Waals surface area contributed by atoms with Gasteiger partial charge >= 0.3 is 0 Å². The molecular weight excluding hydrogens is 418 g/mol. The molecule has 0 fully saturated rings. The first-order valence-corrected chi connectivity index (χ1v) is 11.8. The van der Waals surface area contributed by atoms with E-state index in [2.05, 4.69) is 21.9 Å². The first-order valence-electron chi connectivity index (χ1n) is 10.4. The summed E-state index contributed by atoms with van der Waals surface area (Å²) in [6.45, 7) is 3.62. The minimum atomic E-state index is -3.98. The predicted octanol–water partition coefficient (Wildman–Crippen LogP) is 2.99. The Morgan fingerprint density at radius 2 is 1.87 bits per heavy atom. The summed E-state index contributed by atoms with van der Waals surface area (Å²) in [6.07, 6.45) is 6.46. The fourth-order valence-electron chi connectivity index (χ4n) is 3.45. The van der Waals surface area contributed by atoms with Crippen LogP contribution in [0.4, 0.5) is 5.82 Å². The van der Waals surface area contributed by atoms with Crippen molar-refractivity contribution in [1.82, 2.24) is 19.5 Å². The van der Waals surface area contributed by atoms with Gasteiger partial charge in [-0.15, -0.1) is 0 Å². The minimum absolute atomic E-state index is 0.0541. The lowest BCUT2D eigenvalue weighted by molar-refractivity contribution is 0.0603. The Morgan fingerprint density at radius 3 is 2.58 bits per heavy atom. The lowest BCUT2D eigenvalue weighted by atomic mass is 10.0. The van der Waals surface area contributed by atoms with Crippen molar-refractivity contribution in [3.63, 3.8) is 0 Å². The number of nitrogen functional groups attached to an aromatic ring is 1. The summed E-state index contributed by atoms with van der Waals surface area (Å²) in [6, 6.07) is 5.91. The van der Waals surface area contributed by atoms with E-state index in [1.807, 2.05) is 6.92 Å². The summed E-state index contributed by atoms with van der Waals surface area (Å²) in [5.41, 5.74) is 7.77. The number of aliphatic hydroxyl groups is 1. The van der Waals surface area contributed by atoms with Crippen molar-refractivity contribution in [2.24, 2.45) is 0 Å². The van der Waals surface area contributed by atoms with Crippen molar-refractivity contribution in [3.8, 4) is 0 Å². The van der Waals surface area contributed by atoms with Crippen LogP contribution in [-0.2, 0) is 14.3 Å². The van der Waals surface area contributed by atoms with Gasteiger partial charge in [0, 0.05) is 0 Å². The fraction of sp³-hybridized carbons (Fsp3) is 0.476. The van der Waals surface area contributed by atoms with Gasteiger partial charge in [-0.05, 0) is 25.5 Å². The molecule has 9 nitrogen and oxygen atoms in total. The standard InChI is InChI=1S/C21H29N5O4S/c1-3-4-5-6-7-17(26-14-25-19-20(22)23-13-24-21(19)26)18(27)12-30-31(28,29)16-10-8-15(2)9-11-16/h8-11,13-14,17-18,27H,3-7,12H2,1-2H3,(H2,22,23,24)/t17-,18+/m1/s1. The number of anilines is 1. The average molecular weight is 448 g/mol. The second-order valence-corrected chi connectivity index (χ2v) is 9.23. The van der Waals surface area contributed by atoms with E-state index in [4.69, 9.17) is 9.92 Å². The predicted molar refractivity (Wildman–Crippen MR) is 118 cm³/mol. The molecule has 3 N–H and O–H groups in total. The zero-order chi connectivity index (χ0) is 22.4. The van der Waals surface area contributed by atoms with Gasteiger partial charge < -0.3 is 15.4 Å². The van der Waals surface area contributed by atoms with Crippen LogP contribution in [0.25, 0.3) is 11.2 Å². The van der Waals surface area contributed by atoms with Crippen LogP contribution in [0.5, 0.6) is 0 Å². The third-order valence-electron chi connectivity index (χ3n) is 5.25. The number of rotatable bonds is 11. The number of fused-ring (bicyclic) bond motifs is 1. The number of hydrogen-bond donors (Lipinski definition) is 2. The number of nitrogens with two attached hydrogens (primary N) is 1. The van der Waals surface area contributed by atoms with E-state index in [0.717, 1.165) is 31.2 Å². The Hall–Kier alpha value is -2.56. The largest absolute Gasteiger partial charge is 0.388 e. The van der Waals surface area contributed by atoms with Crippen molar-refractivity contribution in [2.45, 2.75) is 63.0 Å². The Kier molecular flexibility index (Phi) is 7.58. The van der Waals surface area contributed by atoms with Crippen molar-refractivity contribution in [2.75, 3.05) is 12.3 Å². The van der Waals surface area contributed by atoms with Gasteiger partial charge in [0.25, 0.3) is 10.1 Å². The van der Waals surface area contributed by atoms with Crippen molar-refractivity contribution in [1.29, 1.82) is 0 Å². The van der Waals surface area contributed by atoms with Crippen LogP contribution in [-0.4, -0.2) is 45.8 Å². The molecule has 0 aliphatic heterocycles. The maximum atomic E-state index is 12.5. The maximum Gasteiger partial charge on any atom is 0.297 e. The van der Waals surface area contributed by atoms with Gasteiger partial charge in [-0.2, -0.15) is 8.42 Å². The maximum absolute atomic E-state index is 12.5. The van der Waals surface area contributed by atoms with E-state index in [9.17, 15) is 13.5 Å². The van der Waals surface area contributed by atoms with E-state index >= 15 is 0 Å². The van der Waals surface area contributed by atoms with E-state index in [1.165, 1.54) is 18.5 Å². The molecule has 3 rings (SSSR count). The number of aliphatic hydroxyl groups excluding tert-OH is 1. The van der Waals surface area contributed by atoms with E-state index in [-0.39, 0.29) is 17.3 Å². The number of benzene rings is 1. The lowest BCUT2D eigenvalue weighted by Crippen LogP contribution is -2.30. The van der Waals surface area contributed by atoms with Crippen LogP contribution >= 0.6 is 0 Å². The van der Waals surface area contributed by atoms with Gasteiger partial charge in [-0.25, -0.2) is 15.0 Å². The molecule has 2 aromatic heterocycles. The number of hydrogen-bond acceptors (Lipinski definition) is 8. The molecule has 0 aliphatic carbocycles. The molecule has 3 aromatic rings. The summed E-state index contributed by atoms with van der Waals surface area (Å²) in [5.74, 6) is 0.251. The van der Waals surface area contributed by atoms with E-state index < -0.39 is 22.3 Å². The Morgan fingerprint density at radius 1 is 1.13 bits per heavy atom. The van der Waals surface area contributed by atoms with Gasteiger partial charge in [0.15, 0.2) is 11.5 Å². The van der Waals surface area contributed by atoms with Crippen molar-refractivity contribution in [3.05, 3.63) is 42.5 Å². The lowest BCUT2D eigenvalue weighted by Gasteiger charge is -2.24. The topological polar surface area (TPSA) is 133 Å². The van der Waals surface area contributed by atoms with Crippen LogP contribution in [0.2, 0.25) is 0 Å². The van der Waals surface area contributed by atoms with Crippen molar-refractivity contribution >= 4 is 27.1 Å². The zero-order valence-corrected chi connectivity index (χ0v) is 18.6. The summed E-state index contributed by atoms with van der Waals surface area (Å²) >= 11 is 0. The second kappa shape index (κ2) is 10.2. The zero-order valence-electron chi connectivity index (χ0n) is 17.8. The molecule has 2 atom stereocenters. The average Bonchev–Trinajstić information content (AvgIpc) is 3.18. The molecule has 0 saturated carbocycles. The second-order valence-electron chi connectivity index (χ2n) is 7.62. The van der Waals surface area contributed by atoms with Crippen LogP contribution in [0.3, 0.4) is 0 Å². The molecule has 168 valence electrons. The molecule has 0 saturated heterocycles. The van der Waals surface area contributed by atoms with Crippen LogP contribution in [0, 0.1) is 6.92 Å². The number of unbranched alkanes of at least 4 members (excludes halogenated alkanes) is 3. The molecular formula is C21H29N5O4S. The van der Waals surface area contributed by atoms with Crippen LogP contribution < -0.4 is 5.73 Å². The first-order chi connectivity index (χ1) is 14.8. The third kappa shape index (κ3) is 5.57. The van der Waals surface area contributed by atoms with Gasteiger partial charge in [0.2, 0.25) is 0 Å². The fourth-order valence-corrected chi connectivity index (χ4v) is 4.38. The highest BCUT2D eigenvalue weighted by molar-refractivity contribution is 7.86. The monoisotopic (exact) mass is 447 g/mol. The summed E-state index contributed by atoms with van der Waals surface area (Å²) in [4.78, 5) is 12.5. The molecule has 31 heavy (non-hydrogen) atoms.